The molecule has 6 nitrogen and oxygen atoms in total. The maximum atomic E-state index is 12.3. The van der Waals surface area contributed by atoms with E-state index in [1.54, 1.807) is 23.1 Å². The average Bonchev–Trinajstić information content (AvgIpc) is 3.20. The molecule has 0 aliphatic carbocycles. The van der Waals surface area contributed by atoms with Crippen LogP contribution in [0.15, 0.2) is 53.5 Å². The van der Waals surface area contributed by atoms with Gasteiger partial charge in [0.2, 0.25) is 5.91 Å². The topological polar surface area (TPSA) is 66.0 Å². The first-order valence-corrected chi connectivity index (χ1v) is 10.5. The highest BCUT2D eigenvalue weighted by Crippen LogP contribution is 2.22. The molecule has 1 fully saturated rings. The lowest BCUT2D eigenvalue weighted by molar-refractivity contribution is -0.153. The van der Waals surface area contributed by atoms with Gasteiger partial charge < -0.3 is 20.3 Å². The summed E-state index contributed by atoms with van der Waals surface area (Å²) in [6.45, 7) is 2.87. The van der Waals surface area contributed by atoms with Crippen LogP contribution < -0.4 is 20.3 Å². The van der Waals surface area contributed by atoms with Gasteiger partial charge in [0, 0.05) is 31.7 Å². The molecule has 0 bridgehead atoms. The molecule has 1 amide bonds. The normalized spacial score (nSPS) is 14.1. The largest absolute Gasteiger partial charge is 0.484 e. The smallest absolute Gasteiger partial charge is 0.422 e. The van der Waals surface area contributed by atoms with Crippen LogP contribution in [0.5, 0.6) is 5.75 Å². The first-order chi connectivity index (χ1) is 15.3. The third-order valence-corrected chi connectivity index (χ3v) is 4.85. The number of alkyl halides is 3. The van der Waals surface area contributed by atoms with Crippen molar-refractivity contribution in [1.29, 1.82) is 0 Å². The van der Waals surface area contributed by atoms with Crippen LogP contribution in [0.25, 0.3) is 0 Å². The van der Waals surface area contributed by atoms with Crippen molar-refractivity contribution in [3.05, 3.63) is 59.7 Å². The summed E-state index contributed by atoms with van der Waals surface area (Å²) in [6, 6.07) is 14.3. The maximum absolute atomic E-state index is 12.3. The van der Waals surface area contributed by atoms with Crippen LogP contribution >= 0.6 is 24.0 Å². The summed E-state index contributed by atoms with van der Waals surface area (Å²) < 4.78 is 41.8. The van der Waals surface area contributed by atoms with Gasteiger partial charge in [0.25, 0.3) is 0 Å². The summed E-state index contributed by atoms with van der Waals surface area (Å²) in [5, 5.41) is 6.39. The fraction of sp³-hybridized carbons (Fsp3) is 0.391. The number of carbonyl (C=O) groups is 1. The van der Waals surface area contributed by atoms with Gasteiger partial charge in [-0.15, -0.1) is 24.0 Å². The van der Waals surface area contributed by atoms with E-state index >= 15 is 0 Å². The lowest BCUT2D eigenvalue weighted by Crippen LogP contribution is -2.36. The summed E-state index contributed by atoms with van der Waals surface area (Å²) in [6.07, 6.45) is -2.89. The number of carbonyl (C=O) groups excluding carboxylic acids is 1. The van der Waals surface area contributed by atoms with E-state index in [2.05, 4.69) is 15.6 Å². The predicted molar refractivity (Wildman–Crippen MR) is 133 cm³/mol. The highest BCUT2D eigenvalue weighted by atomic mass is 127. The van der Waals surface area contributed by atoms with Crippen LogP contribution in [0.1, 0.15) is 30.9 Å². The van der Waals surface area contributed by atoms with Gasteiger partial charge in [-0.25, -0.2) is 4.99 Å². The number of rotatable bonds is 8. The van der Waals surface area contributed by atoms with Crippen molar-refractivity contribution in [2.75, 3.05) is 24.6 Å². The molecule has 2 aromatic carbocycles. The van der Waals surface area contributed by atoms with Crippen LogP contribution in [-0.4, -0.2) is 37.7 Å². The third kappa shape index (κ3) is 8.75. The highest BCUT2D eigenvalue weighted by molar-refractivity contribution is 14.0. The van der Waals surface area contributed by atoms with Gasteiger partial charge in [0.1, 0.15) is 5.75 Å². The van der Waals surface area contributed by atoms with Crippen LogP contribution in [0, 0.1) is 0 Å². The lowest BCUT2D eigenvalue weighted by atomic mass is 10.2. The highest BCUT2D eigenvalue weighted by Gasteiger charge is 2.28. The van der Waals surface area contributed by atoms with Crippen molar-refractivity contribution in [3.63, 3.8) is 0 Å². The van der Waals surface area contributed by atoms with Crippen molar-refractivity contribution in [2.45, 2.75) is 39.0 Å². The maximum Gasteiger partial charge on any atom is 0.422 e. The summed E-state index contributed by atoms with van der Waals surface area (Å²) in [4.78, 5) is 18.2. The molecule has 0 radical (unpaired) electrons. The summed E-state index contributed by atoms with van der Waals surface area (Å²) in [5.74, 6) is 0.905. The van der Waals surface area contributed by atoms with Crippen molar-refractivity contribution in [1.82, 2.24) is 10.6 Å². The van der Waals surface area contributed by atoms with Crippen LogP contribution in [0.2, 0.25) is 0 Å². The van der Waals surface area contributed by atoms with Crippen LogP contribution in [-0.2, 0) is 17.9 Å². The van der Waals surface area contributed by atoms with Crippen molar-refractivity contribution in [3.8, 4) is 5.75 Å². The molecule has 0 spiro atoms. The van der Waals surface area contributed by atoms with Crippen LogP contribution in [0.4, 0.5) is 18.9 Å². The van der Waals surface area contributed by atoms with Gasteiger partial charge in [0.05, 0.1) is 6.54 Å². The molecule has 1 aliphatic heterocycles. The number of hydrogen-bond donors (Lipinski definition) is 2. The first kappa shape index (κ1) is 26.7. The third-order valence-electron chi connectivity index (χ3n) is 4.85. The monoisotopic (exact) mass is 576 g/mol. The van der Waals surface area contributed by atoms with Crippen LogP contribution in [0.3, 0.4) is 0 Å². The first-order valence-electron chi connectivity index (χ1n) is 10.5. The minimum Gasteiger partial charge on any atom is -0.484 e. The summed E-state index contributed by atoms with van der Waals surface area (Å²) in [7, 11) is 0. The molecule has 0 saturated carbocycles. The zero-order valence-electron chi connectivity index (χ0n) is 18.3. The van der Waals surface area contributed by atoms with Gasteiger partial charge in [-0.3, -0.25) is 4.79 Å². The van der Waals surface area contributed by atoms with Gasteiger partial charge >= 0.3 is 6.18 Å². The summed E-state index contributed by atoms with van der Waals surface area (Å²) >= 11 is 0. The molecule has 33 heavy (non-hydrogen) atoms. The number of ether oxygens (including phenoxy) is 1. The van der Waals surface area contributed by atoms with E-state index in [1.807, 2.05) is 31.2 Å². The zero-order chi connectivity index (χ0) is 23.0. The molecule has 0 unspecified atom stereocenters. The Balaban J connectivity index is 0.00000385. The zero-order valence-corrected chi connectivity index (χ0v) is 20.7. The van der Waals surface area contributed by atoms with Gasteiger partial charge in [-0.2, -0.15) is 13.2 Å². The number of benzene rings is 2. The molecule has 2 aromatic rings. The minimum atomic E-state index is -4.38. The molecule has 1 saturated heterocycles. The fourth-order valence-electron chi connectivity index (χ4n) is 3.31. The Kier molecular flexibility index (Phi) is 10.3. The molecule has 1 aliphatic rings. The second-order valence-corrected chi connectivity index (χ2v) is 7.42. The second kappa shape index (κ2) is 12.7. The summed E-state index contributed by atoms with van der Waals surface area (Å²) in [5.41, 5.74) is 2.68. The number of nitrogens with one attached hydrogen (secondary N) is 2. The number of halogens is 4. The van der Waals surface area contributed by atoms with Crippen molar-refractivity contribution < 1.29 is 22.7 Å². The fourth-order valence-corrected chi connectivity index (χ4v) is 3.31. The molecule has 3 rings (SSSR count). The van der Waals surface area contributed by atoms with Crippen molar-refractivity contribution in [2.24, 2.45) is 4.99 Å². The SMILES string of the molecule is CCNC(=NCc1cccc(OCC(F)(F)F)c1)NCc1ccc(N2CCCC2=O)cc1.I. The second-order valence-electron chi connectivity index (χ2n) is 7.42. The van der Waals surface area contributed by atoms with E-state index < -0.39 is 12.8 Å². The Morgan fingerprint density at radius 2 is 1.88 bits per heavy atom. The Hall–Kier alpha value is -2.50. The van der Waals surface area contributed by atoms with E-state index in [0.29, 0.717) is 25.5 Å². The average molecular weight is 576 g/mol. The quantitative estimate of drug-likeness (QED) is 0.274. The Morgan fingerprint density at radius 1 is 1.12 bits per heavy atom. The molecular weight excluding hydrogens is 548 g/mol. The number of amides is 1. The Morgan fingerprint density at radius 3 is 2.52 bits per heavy atom. The lowest BCUT2D eigenvalue weighted by Gasteiger charge is -2.16. The van der Waals surface area contributed by atoms with Gasteiger partial charge in [-0.05, 0) is 48.7 Å². The number of anilines is 1. The number of hydrogen-bond acceptors (Lipinski definition) is 3. The van der Waals surface area contributed by atoms with E-state index in [1.165, 1.54) is 6.07 Å². The van der Waals surface area contributed by atoms with E-state index in [-0.39, 0.29) is 42.2 Å². The van der Waals surface area contributed by atoms with E-state index in [4.69, 9.17) is 4.74 Å². The predicted octanol–water partition coefficient (Wildman–Crippen LogP) is 4.63. The number of guanidine groups is 1. The number of aliphatic imine (C=N–C) groups is 1. The Labute approximate surface area is 208 Å². The number of nitrogens with zero attached hydrogens (tertiary/aromatic N) is 2. The standard InChI is InChI=1S/C23H27F3N4O2.HI/c1-2-27-22(29-15-18-5-3-6-20(13-18)32-16-23(24,25)26)28-14-17-8-10-19(11-9-17)30-12-4-7-21(30)31;/h3,5-6,8-11,13H,2,4,7,12,14-16H2,1H3,(H2,27,28,29);1H. The molecular formula is C23H28F3IN4O2. The minimum absolute atomic E-state index is 0. The van der Waals surface area contributed by atoms with Gasteiger partial charge in [-0.1, -0.05) is 24.3 Å². The Bertz CT molecular complexity index is 936. The van der Waals surface area contributed by atoms with Gasteiger partial charge in [0.15, 0.2) is 12.6 Å². The molecule has 0 aromatic heterocycles. The molecule has 180 valence electrons. The molecule has 0 atom stereocenters. The van der Waals surface area contributed by atoms with E-state index in [0.717, 1.165) is 29.8 Å². The van der Waals surface area contributed by atoms with Crippen molar-refractivity contribution >= 4 is 41.5 Å². The van der Waals surface area contributed by atoms with E-state index in [9.17, 15) is 18.0 Å². The molecule has 10 heteroatoms. The molecule has 2 N–H and O–H groups in total. The molecule has 1 heterocycles.